The summed E-state index contributed by atoms with van der Waals surface area (Å²) in [5, 5.41) is 8.10. The van der Waals surface area contributed by atoms with Gasteiger partial charge in [0.15, 0.2) is 8.68 Å². The van der Waals surface area contributed by atoms with E-state index in [1.165, 1.54) is 23.1 Å². The number of thioether (sulfide) groups is 1. The van der Waals surface area contributed by atoms with Gasteiger partial charge < -0.3 is 10.5 Å². The minimum absolute atomic E-state index is 0.346. The molecule has 0 fully saturated rings. The topological polar surface area (TPSA) is 78.1 Å². The molecule has 2 aromatic rings. The van der Waals surface area contributed by atoms with Crippen LogP contribution in [0.2, 0.25) is 0 Å². The van der Waals surface area contributed by atoms with Crippen LogP contribution in [0.15, 0.2) is 31.8 Å². The lowest BCUT2D eigenvalue weighted by Gasteiger charge is -2.06. The Kier molecular flexibility index (Phi) is 5.27. The van der Waals surface area contributed by atoms with E-state index in [1.54, 1.807) is 36.9 Å². The van der Waals surface area contributed by atoms with E-state index >= 15 is 0 Å². The lowest BCUT2D eigenvalue weighted by Crippen LogP contribution is -2.05. The maximum atomic E-state index is 11.7. The average Bonchev–Trinajstić information content (AvgIpc) is 2.89. The summed E-state index contributed by atoms with van der Waals surface area (Å²) >= 11 is 4.44. The molecule has 0 saturated heterocycles. The largest absolute Gasteiger partial charge is 0.462 e. The Morgan fingerprint density at radius 2 is 2.15 bits per heavy atom. The molecule has 0 saturated carbocycles. The van der Waals surface area contributed by atoms with Gasteiger partial charge in [-0.25, -0.2) is 4.79 Å². The maximum absolute atomic E-state index is 11.7. The van der Waals surface area contributed by atoms with Crippen LogP contribution in [-0.2, 0) is 4.74 Å². The third-order valence-corrected chi connectivity index (χ3v) is 5.31. The first-order chi connectivity index (χ1) is 9.63. The normalized spacial score (nSPS) is 10.5. The van der Waals surface area contributed by atoms with E-state index in [9.17, 15) is 4.79 Å². The second-order valence-electron chi connectivity index (χ2n) is 3.61. The highest BCUT2D eigenvalue weighted by molar-refractivity contribution is 8.03. The minimum Gasteiger partial charge on any atom is -0.462 e. The number of nitrogens with zero attached hydrogens (tertiary/aromatic N) is 2. The van der Waals surface area contributed by atoms with E-state index in [1.807, 2.05) is 6.26 Å². The number of aromatic nitrogens is 2. The number of rotatable bonds is 5. The monoisotopic (exact) mass is 327 g/mol. The molecule has 0 unspecified atom stereocenters. The predicted octanol–water partition coefficient (Wildman–Crippen LogP) is 3.17. The second kappa shape index (κ2) is 6.96. The Balaban J connectivity index is 2.22. The Morgan fingerprint density at radius 3 is 2.80 bits per heavy atom. The highest BCUT2D eigenvalue weighted by Gasteiger charge is 2.12. The molecule has 0 aliphatic heterocycles. The van der Waals surface area contributed by atoms with Crippen LogP contribution in [0.5, 0.6) is 0 Å². The SMILES string of the molecule is CCOC(=O)c1ccc(N)c(Sc2nnc(SC)s2)c1. The summed E-state index contributed by atoms with van der Waals surface area (Å²) in [5.74, 6) is -0.351. The van der Waals surface area contributed by atoms with Crippen molar-refractivity contribution in [1.29, 1.82) is 0 Å². The molecule has 2 rings (SSSR count). The third kappa shape index (κ3) is 3.65. The molecule has 2 N–H and O–H groups in total. The number of carbonyl (C=O) groups excluding carboxylic acids is 1. The molecular formula is C12H13N3O2S3. The van der Waals surface area contributed by atoms with Gasteiger partial charge in [0.05, 0.1) is 12.2 Å². The van der Waals surface area contributed by atoms with Gasteiger partial charge in [0.1, 0.15) is 0 Å². The molecule has 0 spiro atoms. The van der Waals surface area contributed by atoms with Crippen LogP contribution in [0.1, 0.15) is 17.3 Å². The molecule has 0 amide bonds. The fourth-order valence-corrected chi connectivity index (χ4v) is 3.86. The predicted molar refractivity (Wildman–Crippen MR) is 82.6 cm³/mol. The summed E-state index contributed by atoms with van der Waals surface area (Å²) in [5.41, 5.74) is 7.01. The Morgan fingerprint density at radius 1 is 1.40 bits per heavy atom. The quantitative estimate of drug-likeness (QED) is 0.513. The molecule has 0 aliphatic rings. The van der Waals surface area contributed by atoms with Crippen LogP contribution in [0.25, 0.3) is 0 Å². The van der Waals surface area contributed by atoms with Crippen molar-refractivity contribution in [3.05, 3.63) is 23.8 Å². The van der Waals surface area contributed by atoms with Gasteiger partial charge in [0.25, 0.3) is 0 Å². The fraction of sp³-hybridized carbons (Fsp3) is 0.250. The third-order valence-electron chi connectivity index (χ3n) is 2.28. The molecule has 0 radical (unpaired) electrons. The van der Waals surface area contributed by atoms with Gasteiger partial charge in [0.2, 0.25) is 0 Å². The highest BCUT2D eigenvalue weighted by Crippen LogP contribution is 2.36. The van der Waals surface area contributed by atoms with Crippen molar-refractivity contribution in [3.63, 3.8) is 0 Å². The summed E-state index contributed by atoms with van der Waals surface area (Å²) in [4.78, 5) is 12.5. The summed E-state index contributed by atoms with van der Waals surface area (Å²) in [6.45, 7) is 2.12. The summed E-state index contributed by atoms with van der Waals surface area (Å²) in [6, 6.07) is 5.08. The first-order valence-corrected chi connectivity index (χ1v) is 8.61. The molecule has 5 nitrogen and oxygen atoms in total. The zero-order chi connectivity index (χ0) is 14.5. The molecule has 8 heteroatoms. The molecule has 1 heterocycles. The lowest BCUT2D eigenvalue weighted by atomic mass is 10.2. The molecule has 1 aromatic carbocycles. The van der Waals surface area contributed by atoms with Crippen molar-refractivity contribution in [2.45, 2.75) is 20.5 Å². The van der Waals surface area contributed by atoms with E-state index < -0.39 is 0 Å². The number of nitrogens with two attached hydrogens (primary N) is 1. The highest BCUT2D eigenvalue weighted by atomic mass is 32.2. The standard InChI is InChI=1S/C12H13N3O2S3/c1-3-17-10(16)7-4-5-8(13)9(6-7)19-12-15-14-11(18-2)20-12/h4-6H,3,13H2,1-2H3. The maximum Gasteiger partial charge on any atom is 0.338 e. The molecule has 106 valence electrons. The van der Waals surface area contributed by atoms with E-state index in [0.29, 0.717) is 17.9 Å². The van der Waals surface area contributed by atoms with Gasteiger partial charge in [-0.1, -0.05) is 34.9 Å². The zero-order valence-electron chi connectivity index (χ0n) is 11.0. The van der Waals surface area contributed by atoms with Gasteiger partial charge in [-0.2, -0.15) is 0 Å². The fourth-order valence-electron chi connectivity index (χ4n) is 1.38. The van der Waals surface area contributed by atoms with Crippen molar-refractivity contribution in [2.24, 2.45) is 0 Å². The molecule has 20 heavy (non-hydrogen) atoms. The number of benzene rings is 1. The second-order valence-corrected chi connectivity index (χ2v) is 6.93. The first kappa shape index (κ1) is 15.1. The summed E-state index contributed by atoms with van der Waals surface area (Å²) in [7, 11) is 0. The van der Waals surface area contributed by atoms with Gasteiger partial charge in [-0.05, 0) is 31.4 Å². The van der Waals surface area contributed by atoms with Crippen LogP contribution in [-0.4, -0.2) is 29.0 Å². The van der Waals surface area contributed by atoms with Crippen molar-refractivity contribution in [3.8, 4) is 0 Å². The molecular weight excluding hydrogens is 314 g/mol. The molecule has 0 bridgehead atoms. The Labute approximate surface area is 129 Å². The van der Waals surface area contributed by atoms with E-state index in [4.69, 9.17) is 10.5 Å². The first-order valence-electron chi connectivity index (χ1n) is 5.76. The number of hydrogen-bond donors (Lipinski definition) is 1. The van der Waals surface area contributed by atoms with Gasteiger partial charge in [-0.3, -0.25) is 0 Å². The van der Waals surface area contributed by atoms with Crippen LogP contribution in [0.3, 0.4) is 0 Å². The number of hydrogen-bond acceptors (Lipinski definition) is 8. The van der Waals surface area contributed by atoms with Crippen LogP contribution < -0.4 is 5.73 Å². The van der Waals surface area contributed by atoms with E-state index in [2.05, 4.69) is 10.2 Å². The average molecular weight is 327 g/mol. The van der Waals surface area contributed by atoms with Gasteiger partial charge in [0, 0.05) is 10.6 Å². The summed E-state index contributed by atoms with van der Waals surface area (Å²) in [6.07, 6.45) is 1.95. The number of carbonyl (C=O) groups is 1. The zero-order valence-corrected chi connectivity index (χ0v) is 13.4. The van der Waals surface area contributed by atoms with Crippen LogP contribution in [0.4, 0.5) is 5.69 Å². The Hall–Kier alpha value is -1.25. The van der Waals surface area contributed by atoms with Gasteiger partial charge >= 0.3 is 5.97 Å². The van der Waals surface area contributed by atoms with Crippen molar-refractivity contribution in [1.82, 2.24) is 10.2 Å². The summed E-state index contributed by atoms with van der Waals surface area (Å²) < 4.78 is 6.67. The lowest BCUT2D eigenvalue weighted by molar-refractivity contribution is 0.0526. The van der Waals surface area contributed by atoms with Crippen molar-refractivity contribution < 1.29 is 9.53 Å². The number of ether oxygens (including phenoxy) is 1. The number of anilines is 1. The van der Waals surface area contributed by atoms with Crippen LogP contribution in [0, 0.1) is 0 Å². The Bertz CT molecular complexity index is 616. The van der Waals surface area contributed by atoms with Crippen molar-refractivity contribution in [2.75, 3.05) is 18.6 Å². The van der Waals surface area contributed by atoms with E-state index in [0.717, 1.165) is 13.6 Å². The smallest absolute Gasteiger partial charge is 0.338 e. The van der Waals surface area contributed by atoms with Crippen LogP contribution >= 0.6 is 34.9 Å². The van der Waals surface area contributed by atoms with Gasteiger partial charge in [-0.15, -0.1) is 10.2 Å². The van der Waals surface area contributed by atoms with Crippen molar-refractivity contribution >= 4 is 46.5 Å². The molecule has 1 aromatic heterocycles. The number of esters is 1. The van der Waals surface area contributed by atoms with E-state index in [-0.39, 0.29) is 5.97 Å². The molecule has 0 atom stereocenters. The number of nitrogen functional groups attached to an aromatic ring is 1. The minimum atomic E-state index is -0.351. The molecule has 0 aliphatic carbocycles.